The molecule has 2 aliphatic rings. The molecule has 0 bridgehead atoms. The molecule has 31 heavy (non-hydrogen) atoms. The molecule has 0 aliphatic carbocycles. The first-order chi connectivity index (χ1) is 14.8. The summed E-state index contributed by atoms with van der Waals surface area (Å²) < 4.78 is 17.0. The van der Waals surface area contributed by atoms with Gasteiger partial charge in [0.05, 0.1) is 15.5 Å². The van der Waals surface area contributed by atoms with Crippen molar-refractivity contribution in [3.8, 4) is 0 Å². The molecule has 0 unspecified atom stereocenters. The number of hydrogen-bond acceptors (Lipinski definition) is 10. The molecule has 2 aromatic rings. The number of rotatable bonds is 5. The molecule has 1 aromatic carbocycles. The van der Waals surface area contributed by atoms with Crippen LogP contribution < -0.4 is 10.6 Å². The molecule has 2 N–H and O–H groups in total. The van der Waals surface area contributed by atoms with E-state index in [1.807, 2.05) is 6.07 Å². The molecule has 2 aliphatic heterocycles. The zero-order valence-electron chi connectivity index (χ0n) is 16.7. The molecule has 1 saturated heterocycles. The lowest BCUT2D eigenvalue weighted by molar-refractivity contribution is -0.147. The lowest BCUT2D eigenvalue weighted by Gasteiger charge is -2.29. The van der Waals surface area contributed by atoms with Gasteiger partial charge in [-0.1, -0.05) is 43.1 Å². The number of aromatic nitrogens is 2. The van der Waals surface area contributed by atoms with Crippen molar-refractivity contribution >= 4 is 35.5 Å². The smallest absolute Gasteiger partial charge is 0.338 e. The summed E-state index contributed by atoms with van der Waals surface area (Å²) in [6, 6.07) is 8.61. The van der Waals surface area contributed by atoms with Crippen LogP contribution in [0, 0.1) is 0 Å². The van der Waals surface area contributed by atoms with Gasteiger partial charge in [0.25, 0.3) is 0 Å². The van der Waals surface area contributed by atoms with Crippen LogP contribution in [0.4, 0.5) is 11.8 Å². The van der Waals surface area contributed by atoms with Gasteiger partial charge in [-0.3, -0.25) is 9.69 Å². The summed E-state index contributed by atoms with van der Waals surface area (Å²) in [7, 11) is 0. The molecule has 10 heteroatoms. The maximum atomic E-state index is 12.3. The SMILES string of the molecule is C=C1[C@@H](OC(C)=O)[C@H](N2C(=C)Sc3cnc(N)nc32)O[C@@H]1COC(=O)c1ccccc1. The maximum Gasteiger partial charge on any atom is 0.338 e. The van der Waals surface area contributed by atoms with Crippen molar-refractivity contribution in [2.45, 2.75) is 30.3 Å². The van der Waals surface area contributed by atoms with E-state index in [2.05, 4.69) is 23.1 Å². The zero-order valence-corrected chi connectivity index (χ0v) is 17.5. The highest BCUT2D eigenvalue weighted by atomic mass is 32.2. The molecule has 0 saturated carbocycles. The van der Waals surface area contributed by atoms with Crippen LogP contribution in [0.25, 0.3) is 0 Å². The molecule has 1 fully saturated rings. The van der Waals surface area contributed by atoms with Crippen molar-refractivity contribution in [3.05, 3.63) is 65.9 Å². The second-order valence-electron chi connectivity index (χ2n) is 6.87. The van der Waals surface area contributed by atoms with Crippen molar-refractivity contribution in [2.75, 3.05) is 17.2 Å². The molecule has 9 nitrogen and oxygen atoms in total. The highest BCUT2D eigenvalue weighted by Crippen LogP contribution is 2.47. The number of anilines is 2. The second-order valence-corrected chi connectivity index (χ2v) is 7.98. The molecule has 1 aromatic heterocycles. The van der Waals surface area contributed by atoms with Gasteiger partial charge in [0.2, 0.25) is 5.95 Å². The van der Waals surface area contributed by atoms with E-state index in [1.54, 1.807) is 35.4 Å². The van der Waals surface area contributed by atoms with Gasteiger partial charge >= 0.3 is 11.9 Å². The molecule has 3 heterocycles. The van der Waals surface area contributed by atoms with Crippen LogP contribution in [0.1, 0.15) is 17.3 Å². The minimum absolute atomic E-state index is 0.0902. The summed E-state index contributed by atoms with van der Waals surface area (Å²) in [4.78, 5) is 34.8. The van der Waals surface area contributed by atoms with E-state index in [9.17, 15) is 9.59 Å². The standard InChI is InChI=1S/C21H20N4O5S/c1-11-15(10-28-20(27)14-7-5-4-6-8-14)30-19(17(11)29-13(3)26)25-12(2)31-16-9-23-21(22)24-18(16)25/h4-9,15,17,19H,1-2,10H2,3H3,(H2,22,23,24)/t15-,17-,19-/m1/s1. The quantitative estimate of drug-likeness (QED) is 0.549. The summed E-state index contributed by atoms with van der Waals surface area (Å²) in [5.41, 5.74) is 6.64. The highest BCUT2D eigenvalue weighted by molar-refractivity contribution is 8.03. The Kier molecular flexibility index (Phi) is 5.66. The predicted molar refractivity (Wildman–Crippen MR) is 114 cm³/mol. The van der Waals surface area contributed by atoms with Crippen molar-refractivity contribution < 1.29 is 23.8 Å². The maximum absolute atomic E-state index is 12.3. The Morgan fingerprint density at radius 2 is 2.03 bits per heavy atom. The lowest BCUT2D eigenvalue weighted by atomic mass is 10.1. The fraction of sp³-hybridized carbons (Fsp3) is 0.238. The van der Waals surface area contributed by atoms with Crippen LogP contribution in [0.3, 0.4) is 0 Å². The third kappa shape index (κ3) is 4.12. The zero-order chi connectivity index (χ0) is 22.1. The number of nitrogens with two attached hydrogens (primary N) is 1. The second kappa shape index (κ2) is 8.40. The van der Waals surface area contributed by atoms with E-state index >= 15 is 0 Å². The number of carbonyl (C=O) groups excluding carboxylic acids is 2. The fourth-order valence-corrected chi connectivity index (χ4v) is 4.22. The predicted octanol–water partition coefficient (Wildman–Crippen LogP) is 2.51. The molecule has 0 amide bonds. The van der Waals surface area contributed by atoms with Gasteiger partial charge in [-0.15, -0.1) is 0 Å². The number of ether oxygens (including phenoxy) is 3. The van der Waals surface area contributed by atoms with Crippen molar-refractivity contribution in [1.82, 2.24) is 9.97 Å². The Hall–Kier alpha value is -3.37. The molecule has 160 valence electrons. The van der Waals surface area contributed by atoms with E-state index in [0.717, 1.165) is 4.90 Å². The van der Waals surface area contributed by atoms with Gasteiger partial charge < -0.3 is 19.9 Å². The average Bonchev–Trinajstić information content (AvgIpc) is 3.22. The number of esters is 2. The number of hydrogen-bond donors (Lipinski definition) is 1. The topological polar surface area (TPSA) is 117 Å². The molecule has 0 radical (unpaired) electrons. The van der Waals surface area contributed by atoms with Gasteiger partial charge in [0, 0.05) is 13.1 Å². The Labute approximate surface area is 182 Å². The van der Waals surface area contributed by atoms with Crippen molar-refractivity contribution in [2.24, 2.45) is 0 Å². The summed E-state index contributed by atoms with van der Waals surface area (Å²) >= 11 is 1.35. The van der Waals surface area contributed by atoms with Crippen molar-refractivity contribution in [3.63, 3.8) is 0 Å². The third-order valence-corrected chi connectivity index (χ3v) is 5.68. The molecule has 0 spiro atoms. The summed E-state index contributed by atoms with van der Waals surface area (Å²) in [6.07, 6.45) is -0.718. The summed E-state index contributed by atoms with van der Waals surface area (Å²) in [6.45, 7) is 9.28. The normalized spacial score (nSPS) is 22.4. The number of nitrogens with zero attached hydrogens (tertiary/aromatic N) is 3. The van der Waals surface area contributed by atoms with Crippen LogP contribution in [0.2, 0.25) is 0 Å². The largest absolute Gasteiger partial charge is 0.459 e. The monoisotopic (exact) mass is 440 g/mol. The van der Waals surface area contributed by atoms with Gasteiger partial charge in [0.15, 0.2) is 18.1 Å². The number of fused-ring (bicyclic) bond motifs is 1. The van der Waals surface area contributed by atoms with Crippen LogP contribution in [-0.4, -0.2) is 46.9 Å². The Morgan fingerprint density at radius 1 is 1.29 bits per heavy atom. The Morgan fingerprint density at radius 3 is 2.74 bits per heavy atom. The molecular weight excluding hydrogens is 420 g/mol. The molecule has 3 atom stereocenters. The number of nitrogen functional groups attached to an aromatic ring is 1. The van der Waals surface area contributed by atoms with E-state index < -0.39 is 30.4 Å². The Balaban J connectivity index is 1.56. The van der Waals surface area contributed by atoms with Crippen LogP contribution in [0.15, 0.2) is 65.2 Å². The highest BCUT2D eigenvalue weighted by Gasteiger charge is 2.48. The molecular formula is C21H20N4O5S. The summed E-state index contributed by atoms with van der Waals surface area (Å²) in [5, 5.41) is 0.604. The van der Waals surface area contributed by atoms with Crippen LogP contribution in [-0.2, 0) is 19.0 Å². The average molecular weight is 440 g/mol. The lowest BCUT2D eigenvalue weighted by Crippen LogP contribution is -2.41. The van der Waals surface area contributed by atoms with E-state index in [4.69, 9.17) is 19.9 Å². The summed E-state index contributed by atoms with van der Waals surface area (Å²) in [5.74, 6) is -0.398. The minimum Gasteiger partial charge on any atom is -0.459 e. The first-order valence-corrected chi connectivity index (χ1v) is 10.2. The van der Waals surface area contributed by atoms with E-state index in [1.165, 1.54) is 18.7 Å². The Bertz CT molecular complexity index is 1060. The van der Waals surface area contributed by atoms with Gasteiger partial charge in [-0.2, -0.15) is 4.98 Å². The minimum atomic E-state index is -0.822. The van der Waals surface area contributed by atoms with E-state index in [-0.39, 0.29) is 12.6 Å². The van der Waals surface area contributed by atoms with E-state index in [0.29, 0.717) is 22.0 Å². The van der Waals surface area contributed by atoms with Gasteiger partial charge in [-0.05, 0) is 17.7 Å². The third-order valence-electron chi connectivity index (χ3n) is 4.74. The fourth-order valence-electron chi connectivity index (χ4n) is 3.33. The first kappa shape index (κ1) is 20.9. The molecule has 4 rings (SSSR count). The number of benzene rings is 1. The van der Waals surface area contributed by atoms with Crippen molar-refractivity contribution in [1.29, 1.82) is 0 Å². The van der Waals surface area contributed by atoms with Crippen LogP contribution in [0.5, 0.6) is 0 Å². The van der Waals surface area contributed by atoms with Crippen LogP contribution >= 0.6 is 11.8 Å². The van der Waals surface area contributed by atoms with Gasteiger partial charge in [-0.25, -0.2) is 9.78 Å². The first-order valence-electron chi connectivity index (χ1n) is 9.37. The van der Waals surface area contributed by atoms with Gasteiger partial charge in [0.1, 0.15) is 12.7 Å². The number of carbonyl (C=O) groups is 2. The number of thioether (sulfide) groups is 1.